The van der Waals surface area contributed by atoms with Crippen molar-refractivity contribution >= 4 is 68.7 Å². The number of halogens is 3. The highest BCUT2D eigenvalue weighted by molar-refractivity contribution is 7.90. The number of ether oxygens (including phenoxy) is 4. The van der Waals surface area contributed by atoms with Gasteiger partial charge in [0.05, 0.1) is 30.3 Å². The van der Waals surface area contributed by atoms with Gasteiger partial charge in [0.15, 0.2) is 6.61 Å². The quantitative estimate of drug-likeness (QED) is 0.0824. The Balaban J connectivity index is 0.000000246. The summed E-state index contributed by atoms with van der Waals surface area (Å²) in [6, 6.07) is 6.93. The fourth-order valence-corrected chi connectivity index (χ4v) is 6.66. The van der Waals surface area contributed by atoms with Crippen LogP contribution < -0.4 is 29.1 Å². The Morgan fingerprint density at radius 2 is 1.65 bits per heavy atom. The normalized spacial score (nSPS) is 13.7. The Kier molecular flexibility index (Phi) is 15.5. The van der Waals surface area contributed by atoms with Gasteiger partial charge in [-0.3, -0.25) is 14.9 Å². The molecule has 2 N–H and O–H groups in total. The lowest BCUT2D eigenvalue weighted by Crippen LogP contribution is -2.35. The topological polar surface area (TPSA) is 205 Å². The smallest absolute Gasteiger partial charge is 0.344 e. The average Bonchev–Trinajstić information content (AvgIpc) is 3.40. The van der Waals surface area contributed by atoms with E-state index in [1.54, 1.807) is 13.0 Å². The first-order chi connectivity index (χ1) is 26.3. The van der Waals surface area contributed by atoms with E-state index >= 15 is 0 Å². The van der Waals surface area contributed by atoms with Crippen LogP contribution in [-0.4, -0.2) is 80.0 Å². The molecule has 3 aromatic rings. The van der Waals surface area contributed by atoms with Crippen LogP contribution in [0.15, 0.2) is 52.4 Å². The molecule has 55 heavy (non-hydrogen) atoms. The van der Waals surface area contributed by atoms with E-state index in [0.717, 1.165) is 43.1 Å². The standard InChI is InChI=1S/C21H23ClFNO5.C14H16ClN5O5S/c1-2-3-6-9-28-19(25)12-29-18-11-17(16(23)10-15(18)22)24-20(26)13-7-4-5-8-14(13)21(24)27;1-9-16-12(19-14(17-9)24-2)18-13(21)20-26(22,23)11-6-4-3-5-10(11)25-8-7-15/h10-11H,2-9,12H2,1H3;3-6H,7-8H2,1-2H3,(H2,16,17,18,19,20,21). The Labute approximate surface area is 326 Å². The molecule has 16 nitrogen and oxygen atoms in total. The van der Waals surface area contributed by atoms with Crippen molar-refractivity contribution in [3.05, 3.63) is 64.2 Å². The Hall–Kier alpha value is -5.07. The summed E-state index contributed by atoms with van der Waals surface area (Å²) in [5.74, 6) is -2.02. The number of esters is 1. The molecule has 1 aliphatic heterocycles. The van der Waals surface area contributed by atoms with Crippen LogP contribution >= 0.6 is 23.2 Å². The lowest BCUT2D eigenvalue weighted by molar-refractivity contribution is -0.146. The first-order valence-corrected chi connectivity index (χ1v) is 19.5. The minimum absolute atomic E-state index is 0.000883. The number of aryl methyl sites for hydroxylation is 1. The predicted molar refractivity (Wildman–Crippen MR) is 198 cm³/mol. The van der Waals surface area contributed by atoms with Gasteiger partial charge in [-0.25, -0.2) is 32.0 Å². The van der Waals surface area contributed by atoms with Gasteiger partial charge in [-0.15, -0.1) is 11.6 Å². The van der Waals surface area contributed by atoms with Crippen LogP contribution in [0.2, 0.25) is 5.02 Å². The first-order valence-electron chi connectivity index (χ1n) is 17.1. The highest BCUT2D eigenvalue weighted by Crippen LogP contribution is 2.39. The zero-order valence-corrected chi connectivity index (χ0v) is 32.5. The van der Waals surface area contributed by atoms with Crippen molar-refractivity contribution in [3.63, 3.8) is 0 Å². The third-order valence-electron chi connectivity index (χ3n) is 7.82. The molecule has 2 aromatic carbocycles. The molecule has 4 amide bonds. The molecule has 0 radical (unpaired) electrons. The number of nitrogens with zero attached hydrogens (tertiary/aromatic N) is 4. The van der Waals surface area contributed by atoms with Crippen molar-refractivity contribution in [3.8, 4) is 17.5 Å². The van der Waals surface area contributed by atoms with Gasteiger partial charge in [0.1, 0.15) is 34.6 Å². The highest BCUT2D eigenvalue weighted by Gasteiger charge is 2.41. The number of imide groups is 1. The second-order valence-electron chi connectivity index (χ2n) is 11.8. The number of carbonyl (C=O) groups excluding carboxylic acids is 4. The lowest BCUT2D eigenvalue weighted by atomic mass is 9.93. The van der Waals surface area contributed by atoms with Crippen molar-refractivity contribution in [2.24, 2.45) is 0 Å². The van der Waals surface area contributed by atoms with Crippen molar-refractivity contribution in [2.75, 3.05) is 43.0 Å². The van der Waals surface area contributed by atoms with Crippen molar-refractivity contribution in [1.82, 2.24) is 19.7 Å². The second kappa shape index (κ2) is 20.0. The maximum atomic E-state index is 14.5. The number of benzene rings is 2. The number of amides is 4. The summed E-state index contributed by atoms with van der Waals surface area (Å²) < 4.78 is 61.9. The molecular formula is C35H39Cl2FN6O10S. The number of rotatable bonds is 15. The lowest BCUT2D eigenvalue weighted by Gasteiger charge is -2.18. The summed E-state index contributed by atoms with van der Waals surface area (Å²) in [7, 11) is -2.85. The number of hydrogen-bond acceptors (Lipinski definition) is 13. The number of hydrogen-bond donors (Lipinski definition) is 2. The number of methoxy groups -OCH3 is 1. The number of para-hydroxylation sites is 1. The van der Waals surface area contributed by atoms with Crippen LogP contribution in [0, 0.1) is 12.7 Å². The van der Waals surface area contributed by atoms with Gasteiger partial charge in [0.2, 0.25) is 5.95 Å². The Morgan fingerprint density at radius 3 is 2.31 bits per heavy atom. The zero-order valence-electron chi connectivity index (χ0n) is 30.2. The summed E-state index contributed by atoms with van der Waals surface area (Å²) in [4.78, 5) is 61.3. The molecule has 0 atom stereocenters. The van der Waals surface area contributed by atoms with E-state index < -0.39 is 46.3 Å². The van der Waals surface area contributed by atoms with Gasteiger partial charge in [-0.05, 0) is 57.2 Å². The minimum Gasteiger partial charge on any atom is -0.491 e. The largest absolute Gasteiger partial charge is 0.491 e. The summed E-state index contributed by atoms with van der Waals surface area (Å²) in [6.45, 7) is 3.61. The van der Waals surface area contributed by atoms with E-state index in [9.17, 15) is 32.0 Å². The SMILES string of the molecule is CCCCCOC(=O)COc1cc(N2C(=O)C3=C(CCCC3)C2=O)c(F)cc1Cl.COc1nc(C)nc(NC(=O)NS(=O)(=O)c2ccccc2OCCCl)n1. The molecule has 1 aromatic heterocycles. The van der Waals surface area contributed by atoms with E-state index in [0.29, 0.717) is 30.6 Å². The van der Waals surface area contributed by atoms with Crippen molar-refractivity contribution in [1.29, 1.82) is 0 Å². The van der Waals surface area contributed by atoms with Crippen LogP contribution in [0.25, 0.3) is 0 Å². The molecule has 2 aliphatic rings. The van der Waals surface area contributed by atoms with Gasteiger partial charge in [0.25, 0.3) is 21.8 Å². The van der Waals surface area contributed by atoms with Crippen LogP contribution in [0.1, 0.15) is 57.7 Å². The number of carbonyl (C=O) groups is 4. The first kappa shape index (κ1) is 42.7. The number of alkyl halides is 1. The van der Waals surface area contributed by atoms with Crippen LogP contribution in [0.4, 0.5) is 20.8 Å². The highest BCUT2D eigenvalue weighted by atomic mass is 35.5. The van der Waals surface area contributed by atoms with Crippen molar-refractivity contribution < 1.29 is 50.9 Å². The van der Waals surface area contributed by atoms with E-state index in [1.165, 1.54) is 31.4 Å². The zero-order chi connectivity index (χ0) is 40.1. The monoisotopic (exact) mass is 824 g/mol. The number of anilines is 2. The summed E-state index contributed by atoms with van der Waals surface area (Å²) >= 11 is 11.6. The van der Waals surface area contributed by atoms with Crippen LogP contribution in [0.3, 0.4) is 0 Å². The molecule has 2 heterocycles. The minimum atomic E-state index is -4.20. The summed E-state index contributed by atoms with van der Waals surface area (Å²) in [5, 5.41) is 2.14. The predicted octanol–water partition coefficient (Wildman–Crippen LogP) is 5.65. The Morgan fingerprint density at radius 1 is 0.964 bits per heavy atom. The molecule has 5 rings (SSSR count). The molecular weight excluding hydrogens is 786 g/mol. The number of nitrogens with one attached hydrogen (secondary N) is 2. The van der Waals surface area contributed by atoms with Gasteiger partial charge >= 0.3 is 18.0 Å². The van der Waals surface area contributed by atoms with E-state index in [2.05, 4.69) is 20.3 Å². The molecule has 0 saturated carbocycles. The molecule has 296 valence electrons. The fourth-order valence-electron chi connectivity index (χ4n) is 5.32. The number of urea groups is 1. The maximum Gasteiger partial charge on any atom is 0.344 e. The molecule has 0 fully saturated rings. The molecule has 0 bridgehead atoms. The van der Waals surface area contributed by atoms with E-state index in [-0.39, 0.29) is 57.4 Å². The molecule has 20 heteroatoms. The average molecular weight is 826 g/mol. The number of unbranched alkanes of at least 4 members (excludes halogenated alkanes) is 2. The van der Waals surface area contributed by atoms with Gasteiger partial charge < -0.3 is 18.9 Å². The van der Waals surface area contributed by atoms with Crippen LogP contribution in [0.5, 0.6) is 17.5 Å². The molecule has 1 aliphatic carbocycles. The summed E-state index contributed by atoms with van der Waals surface area (Å²) in [5.41, 5.74) is 0.674. The number of sulfonamides is 1. The van der Waals surface area contributed by atoms with E-state index in [4.69, 9.17) is 42.1 Å². The van der Waals surface area contributed by atoms with E-state index in [1.807, 2.05) is 11.6 Å². The van der Waals surface area contributed by atoms with Gasteiger partial charge in [-0.1, -0.05) is 43.5 Å². The van der Waals surface area contributed by atoms with Gasteiger partial charge in [0, 0.05) is 17.2 Å². The molecule has 0 unspecified atom stereocenters. The van der Waals surface area contributed by atoms with Gasteiger partial charge in [-0.2, -0.15) is 15.0 Å². The molecule has 0 saturated heterocycles. The number of aromatic nitrogens is 3. The third-order valence-corrected chi connectivity index (χ3v) is 9.64. The fraction of sp³-hybridized carbons (Fsp3) is 0.400. The third kappa shape index (κ3) is 11.5. The molecule has 0 spiro atoms. The Bertz CT molecular complexity index is 2030. The van der Waals surface area contributed by atoms with Crippen LogP contribution in [-0.2, 0) is 29.1 Å². The maximum absolute atomic E-state index is 14.5. The van der Waals surface area contributed by atoms with Crippen molar-refractivity contribution in [2.45, 2.75) is 63.7 Å². The summed E-state index contributed by atoms with van der Waals surface area (Å²) in [6.07, 6.45) is 5.40. The second-order valence-corrected chi connectivity index (χ2v) is 14.2.